The third-order valence-electron chi connectivity index (χ3n) is 12.7. The molecule has 2 atom stereocenters. The third-order valence-corrected chi connectivity index (χ3v) is 13.6. The largest absolute Gasteiger partial charge is 0.756 e. The standard InChI is InChI=1S/C68H114NO8P/c1-6-8-10-12-14-16-18-20-22-24-25-26-27-28-29-30-31-32-33-34-35-36-37-38-39-40-41-42-43-45-47-49-51-53-55-57-59-61-68(71)77-66(65-76-78(72,73)75-63-62-69(3,4)5)64-74-67(70)60-58-56-54-52-50-48-46-44-23-21-19-17-15-13-11-9-7-2/h8,10,14,16,20-23,25-26,28-29,31-32,34-35,37-38,40-41,43,45,66H,6-7,9,11-13,15,17-19,24,27,30,33,36,39,42,44,46-65H2,1-5H3/b10-8-,16-14-,22-20-,23-21-,26-25-,29-28-,32-31-,35-34-,38-37-,41-40-,45-43-. The van der Waals surface area contributed by atoms with E-state index >= 15 is 0 Å². The van der Waals surface area contributed by atoms with Crippen LogP contribution in [-0.4, -0.2) is 70.0 Å². The van der Waals surface area contributed by atoms with Gasteiger partial charge < -0.3 is 27.9 Å². The number of nitrogens with zero attached hydrogens (tertiary/aromatic N) is 1. The lowest BCUT2D eigenvalue weighted by atomic mass is 10.1. The van der Waals surface area contributed by atoms with Crippen molar-refractivity contribution in [1.82, 2.24) is 0 Å². The summed E-state index contributed by atoms with van der Waals surface area (Å²) in [6.07, 6.45) is 83.6. The summed E-state index contributed by atoms with van der Waals surface area (Å²) in [6.45, 7) is 4.09. The highest BCUT2D eigenvalue weighted by Gasteiger charge is 2.22. The van der Waals surface area contributed by atoms with Crippen molar-refractivity contribution in [2.75, 3.05) is 47.5 Å². The Labute approximate surface area is 479 Å². The molecule has 0 aromatic heterocycles. The van der Waals surface area contributed by atoms with Crippen molar-refractivity contribution in [2.45, 2.75) is 238 Å². The number of esters is 2. The average Bonchev–Trinajstić information content (AvgIpc) is 3.41. The van der Waals surface area contributed by atoms with Crippen molar-refractivity contribution in [3.63, 3.8) is 0 Å². The molecule has 0 saturated heterocycles. The van der Waals surface area contributed by atoms with Crippen LogP contribution in [0.5, 0.6) is 0 Å². The second kappa shape index (κ2) is 57.8. The third kappa shape index (κ3) is 61.4. The Kier molecular flexibility index (Phi) is 55.0. The fourth-order valence-corrected chi connectivity index (χ4v) is 8.64. The molecule has 444 valence electrons. The van der Waals surface area contributed by atoms with Crippen LogP contribution in [0.15, 0.2) is 134 Å². The maximum absolute atomic E-state index is 12.8. The van der Waals surface area contributed by atoms with Crippen molar-refractivity contribution >= 4 is 19.8 Å². The summed E-state index contributed by atoms with van der Waals surface area (Å²) < 4.78 is 34.1. The molecule has 0 bridgehead atoms. The first-order valence-corrected chi connectivity index (χ1v) is 32.4. The number of likely N-dealkylation sites (N-methyl/N-ethyl adjacent to an activating group) is 1. The number of phosphoric acid groups is 1. The van der Waals surface area contributed by atoms with E-state index in [4.69, 9.17) is 18.5 Å². The van der Waals surface area contributed by atoms with Gasteiger partial charge in [-0.1, -0.05) is 237 Å². The topological polar surface area (TPSA) is 111 Å². The fraction of sp³-hybridized carbons (Fsp3) is 0.647. The number of hydrogen-bond acceptors (Lipinski definition) is 8. The van der Waals surface area contributed by atoms with Gasteiger partial charge in [0.2, 0.25) is 0 Å². The zero-order valence-electron chi connectivity index (χ0n) is 50.3. The van der Waals surface area contributed by atoms with E-state index in [1.165, 1.54) is 64.2 Å². The molecule has 0 saturated carbocycles. The van der Waals surface area contributed by atoms with Crippen molar-refractivity contribution in [1.29, 1.82) is 0 Å². The van der Waals surface area contributed by atoms with Crippen LogP contribution in [0.3, 0.4) is 0 Å². The SMILES string of the molecule is CC/C=C\C/C=C\C/C=C\C/C=C\C/C=C\C/C=C\C/C=C\C/C=C\C/C=C\C/C=C\CCCCCCCCC(=O)OC(COC(=O)CCCCCCCCC/C=C\CCCCCCCC)COP(=O)([O-])OCC[N+](C)(C)C. The van der Waals surface area contributed by atoms with Gasteiger partial charge in [0.15, 0.2) is 6.10 Å². The Morgan fingerprint density at radius 1 is 0.410 bits per heavy atom. The quantitative estimate of drug-likeness (QED) is 0.0195. The highest BCUT2D eigenvalue weighted by atomic mass is 31.2. The Bertz CT molecular complexity index is 1780. The number of hydrogen-bond donors (Lipinski definition) is 0. The Balaban J connectivity index is 4.19. The molecule has 0 amide bonds. The fourth-order valence-electron chi connectivity index (χ4n) is 7.91. The first kappa shape index (κ1) is 74.2. The lowest BCUT2D eigenvalue weighted by Gasteiger charge is -2.28. The van der Waals surface area contributed by atoms with Crippen LogP contribution in [0.25, 0.3) is 0 Å². The molecule has 10 heteroatoms. The van der Waals surface area contributed by atoms with Crippen molar-refractivity contribution in [3.8, 4) is 0 Å². The number of allylic oxidation sites excluding steroid dienone is 22. The molecule has 0 heterocycles. The van der Waals surface area contributed by atoms with Crippen LogP contribution < -0.4 is 4.89 Å². The number of quaternary nitrogens is 1. The number of carbonyl (C=O) groups excluding carboxylic acids is 2. The van der Waals surface area contributed by atoms with E-state index in [1.54, 1.807) is 0 Å². The highest BCUT2D eigenvalue weighted by Crippen LogP contribution is 2.38. The van der Waals surface area contributed by atoms with Gasteiger partial charge in [0, 0.05) is 12.8 Å². The van der Waals surface area contributed by atoms with E-state index in [0.29, 0.717) is 17.4 Å². The summed E-state index contributed by atoms with van der Waals surface area (Å²) in [5.41, 5.74) is 0. The lowest BCUT2D eigenvalue weighted by Crippen LogP contribution is -2.37. The molecule has 0 aliphatic rings. The number of rotatable bonds is 55. The zero-order chi connectivity index (χ0) is 57.0. The van der Waals surface area contributed by atoms with Gasteiger partial charge in [-0.3, -0.25) is 14.2 Å². The number of unbranched alkanes of at least 4 members (excludes halogenated alkanes) is 19. The van der Waals surface area contributed by atoms with Crippen LogP contribution in [0.4, 0.5) is 0 Å². The van der Waals surface area contributed by atoms with Gasteiger partial charge in [0.25, 0.3) is 7.82 Å². The van der Waals surface area contributed by atoms with Crippen LogP contribution >= 0.6 is 7.82 Å². The monoisotopic (exact) mass is 1100 g/mol. The number of phosphoric ester groups is 1. The van der Waals surface area contributed by atoms with Gasteiger partial charge in [-0.2, -0.15) is 0 Å². The summed E-state index contributed by atoms with van der Waals surface area (Å²) in [4.78, 5) is 37.9. The number of ether oxygens (including phenoxy) is 2. The van der Waals surface area contributed by atoms with E-state index in [2.05, 4.69) is 148 Å². The summed E-state index contributed by atoms with van der Waals surface area (Å²) in [5.74, 6) is -0.862. The van der Waals surface area contributed by atoms with Crippen LogP contribution in [0.2, 0.25) is 0 Å². The van der Waals surface area contributed by atoms with Gasteiger partial charge in [-0.15, -0.1) is 0 Å². The molecular formula is C68H114NO8P. The maximum Gasteiger partial charge on any atom is 0.306 e. The van der Waals surface area contributed by atoms with E-state index in [9.17, 15) is 19.0 Å². The zero-order valence-corrected chi connectivity index (χ0v) is 51.2. The van der Waals surface area contributed by atoms with Gasteiger partial charge in [-0.05, 0) is 116 Å². The smallest absolute Gasteiger partial charge is 0.306 e. The minimum atomic E-state index is -4.65. The van der Waals surface area contributed by atoms with Crippen LogP contribution in [0.1, 0.15) is 232 Å². The molecule has 0 aromatic rings. The van der Waals surface area contributed by atoms with Crippen molar-refractivity contribution < 1.29 is 42.1 Å². The van der Waals surface area contributed by atoms with Gasteiger partial charge in [-0.25, -0.2) is 0 Å². The number of carbonyl (C=O) groups is 2. The van der Waals surface area contributed by atoms with Crippen LogP contribution in [0, 0.1) is 0 Å². The lowest BCUT2D eigenvalue weighted by molar-refractivity contribution is -0.870. The normalized spacial score (nSPS) is 14.2. The maximum atomic E-state index is 12.8. The van der Waals surface area contributed by atoms with E-state index in [0.717, 1.165) is 135 Å². The van der Waals surface area contributed by atoms with E-state index < -0.39 is 32.5 Å². The van der Waals surface area contributed by atoms with E-state index in [-0.39, 0.29) is 26.1 Å². The molecule has 0 aliphatic heterocycles. The summed E-state index contributed by atoms with van der Waals surface area (Å²) in [6, 6.07) is 0. The van der Waals surface area contributed by atoms with Crippen LogP contribution in [-0.2, 0) is 32.7 Å². The van der Waals surface area contributed by atoms with Crippen molar-refractivity contribution in [2.24, 2.45) is 0 Å². The predicted molar refractivity (Wildman–Crippen MR) is 332 cm³/mol. The Hall–Kier alpha value is -3.85. The molecular weight excluding hydrogens is 990 g/mol. The summed E-state index contributed by atoms with van der Waals surface area (Å²) >= 11 is 0. The predicted octanol–water partition coefficient (Wildman–Crippen LogP) is 19.1. The van der Waals surface area contributed by atoms with Gasteiger partial charge in [0.05, 0.1) is 27.7 Å². The second-order valence-corrected chi connectivity index (χ2v) is 22.7. The van der Waals surface area contributed by atoms with E-state index in [1.807, 2.05) is 21.1 Å². The second-order valence-electron chi connectivity index (χ2n) is 21.3. The summed E-state index contributed by atoms with van der Waals surface area (Å²) in [7, 11) is 1.14. The van der Waals surface area contributed by atoms with Crippen molar-refractivity contribution in [3.05, 3.63) is 134 Å². The minimum Gasteiger partial charge on any atom is -0.756 e. The molecule has 0 aromatic carbocycles. The molecule has 78 heavy (non-hydrogen) atoms. The molecule has 9 nitrogen and oxygen atoms in total. The van der Waals surface area contributed by atoms with Gasteiger partial charge >= 0.3 is 11.9 Å². The van der Waals surface area contributed by atoms with Gasteiger partial charge in [0.1, 0.15) is 19.8 Å². The Morgan fingerprint density at radius 3 is 1.10 bits per heavy atom. The highest BCUT2D eigenvalue weighted by molar-refractivity contribution is 7.45. The first-order valence-electron chi connectivity index (χ1n) is 30.9. The molecule has 0 N–H and O–H groups in total. The molecule has 0 spiro atoms. The molecule has 2 unspecified atom stereocenters. The molecule has 0 aliphatic carbocycles. The Morgan fingerprint density at radius 2 is 0.731 bits per heavy atom. The summed E-state index contributed by atoms with van der Waals surface area (Å²) in [5, 5.41) is 0. The first-order chi connectivity index (χ1) is 38.0. The molecule has 0 rings (SSSR count). The molecule has 0 radical (unpaired) electrons. The average molecular weight is 1100 g/mol. The molecule has 0 fully saturated rings. The minimum absolute atomic E-state index is 0.0411.